The molecule has 112 valence electrons. The fourth-order valence-electron chi connectivity index (χ4n) is 2.18. The Hall–Kier alpha value is -2.60. The molecule has 0 radical (unpaired) electrons. The van der Waals surface area contributed by atoms with Crippen LogP contribution in [0.25, 0.3) is 16.8 Å². The van der Waals surface area contributed by atoms with Crippen molar-refractivity contribution in [3.8, 4) is 11.1 Å². The average Bonchev–Trinajstić information content (AvgIpc) is 2.92. The van der Waals surface area contributed by atoms with Crippen LogP contribution in [-0.4, -0.2) is 27.2 Å². The summed E-state index contributed by atoms with van der Waals surface area (Å²) < 4.78 is 6.05. The second-order valence-corrected chi connectivity index (χ2v) is 4.99. The van der Waals surface area contributed by atoms with Crippen molar-refractivity contribution in [1.29, 1.82) is 0 Å². The first-order chi connectivity index (χ1) is 10.6. The third kappa shape index (κ3) is 2.37. The number of nitrogens with one attached hydrogen (secondary N) is 1. The predicted octanol–water partition coefficient (Wildman–Crippen LogP) is 2.52. The largest absolute Gasteiger partial charge is 0.462 e. The highest BCUT2D eigenvalue weighted by molar-refractivity contribution is 6.30. The highest BCUT2D eigenvalue weighted by Gasteiger charge is 2.17. The van der Waals surface area contributed by atoms with Crippen LogP contribution in [0.15, 0.2) is 41.5 Å². The van der Waals surface area contributed by atoms with Gasteiger partial charge >= 0.3 is 5.97 Å². The first kappa shape index (κ1) is 14.3. The zero-order valence-corrected chi connectivity index (χ0v) is 12.4. The van der Waals surface area contributed by atoms with Crippen LogP contribution < -0.4 is 5.56 Å². The maximum absolute atomic E-state index is 12.3. The number of H-pyrrole nitrogens is 1. The highest BCUT2D eigenvalue weighted by atomic mass is 35.5. The van der Waals surface area contributed by atoms with Gasteiger partial charge in [0, 0.05) is 23.0 Å². The van der Waals surface area contributed by atoms with Crippen molar-refractivity contribution in [1.82, 2.24) is 14.6 Å². The molecule has 1 N–H and O–H groups in total. The van der Waals surface area contributed by atoms with Crippen molar-refractivity contribution in [2.75, 3.05) is 6.61 Å². The van der Waals surface area contributed by atoms with E-state index in [0.29, 0.717) is 10.7 Å². The second-order valence-electron chi connectivity index (χ2n) is 4.55. The molecule has 0 saturated heterocycles. The van der Waals surface area contributed by atoms with E-state index in [0.717, 1.165) is 11.1 Å². The molecule has 2 heterocycles. The summed E-state index contributed by atoms with van der Waals surface area (Å²) in [6.07, 6.45) is 2.88. The lowest BCUT2D eigenvalue weighted by molar-refractivity contribution is 0.0523. The normalized spacial score (nSPS) is 10.8. The zero-order chi connectivity index (χ0) is 15.7. The first-order valence-electron chi connectivity index (χ1n) is 6.64. The lowest BCUT2D eigenvalue weighted by atomic mass is 10.1. The van der Waals surface area contributed by atoms with E-state index in [2.05, 4.69) is 10.1 Å². The van der Waals surface area contributed by atoms with Crippen LogP contribution >= 0.6 is 11.6 Å². The van der Waals surface area contributed by atoms with Gasteiger partial charge in [-0.15, -0.1) is 0 Å². The molecular weight excluding hydrogens is 306 g/mol. The van der Waals surface area contributed by atoms with Gasteiger partial charge in [0.1, 0.15) is 5.56 Å². The van der Waals surface area contributed by atoms with Crippen molar-refractivity contribution >= 4 is 23.2 Å². The number of carbonyl (C=O) groups excluding carboxylic acids is 1. The second kappa shape index (κ2) is 5.65. The summed E-state index contributed by atoms with van der Waals surface area (Å²) in [5.74, 6) is -0.687. The third-order valence-corrected chi connectivity index (χ3v) is 3.41. The topological polar surface area (TPSA) is 76.5 Å². The molecule has 0 atom stereocenters. The summed E-state index contributed by atoms with van der Waals surface area (Å²) in [6, 6.07) is 7.21. The van der Waals surface area contributed by atoms with E-state index in [9.17, 15) is 9.59 Å². The number of benzene rings is 1. The van der Waals surface area contributed by atoms with Crippen molar-refractivity contribution < 1.29 is 9.53 Å². The van der Waals surface area contributed by atoms with Gasteiger partial charge in [0.15, 0.2) is 5.65 Å². The number of halogens is 1. The van der Waals surface area contributed by atoms with Gasteiger partial charge in [-0.05, 0) is 24.6 Å². The number of fused-ring (bicyclic) bond motifs is 1. The number of rotatable bonds is 3. The van der Waals surface area contributed by atoms with Gasteiger partial charge in [-0.25, -0.2) is 14.3 Å². The van der Waals surface area contributed by atoms with Gasteiger partial charge in [0.2, 0.25) is 0 Å². The Bertz CT molecular complexity index is 914. The molecule has 3 rings (SSSR count). The van der Waals surface area contributed by atoms with Gasteiger partial charge in [0.25, 0.3) is 5.56 Å². The molecule has 3 aromatic rings. The van der Waals surface area contributed by atoms with E-state index < -0.39 is 11.5 Å². The Kier molecular flexibility index (Phi) is 3.68. The molecule has 0 aliphatic carbocycles. The minimum absolute atomic E-state index is 0.112. The summed E-state index contributed by atoms with van der Waals surface area (Å²) in [6.45, 7) is 1.87. The Labute approximate surface area is 130 Å². The van der Waals surface area contributed by atoms with E-state index in [1.807, 2.05) is 12.1 Å². The van der Waals surface area contributed by atoms with E-state index >= 15 is 0 Å². The fraction of sp³-hybridized carbons (Fsp3) is 0.133. The smallest absolute Gasteiger partial charge is 0.345 e. The molecule has 0 fully saturated rings. The fourth-order valence-corrected chi connectivity index (χ4v) is 2.37. The number of nitrogens with zero attached hydrogens (tertiary/aromatic N) is 2. The molecule has 22 heavy (non-hydrogen) atoms. The molecule has 1 aromatic carbocycles. The molecule has 6 nitrogen and oxygen atoms in total. The van der Waals surface area contributed by atoms with Crippen molar-refractivity contribution in [3.05, 3.63) is 57.6 Å². The average molecular weight is 318 g/mol. The van der Waals surface area contributed by atoms with Crippen LogP contribution in [0.3, 0.4) is 0 Å². The van der Waals surface area contributed by atoms with E-state index in [4.69, 9.17) is 16.3 Å². The van der Waals surface area contributed by atoms with Gasteiger partial charge in [0.05, 0.1) is 6.61 Å². The quantitative estimate of drug-likeness (QED) is 0.753. The summed E-state index contributed by atoms with van der Waals surface area (Å²) in [5.41, 5.74) is 1.34. The number of hydrogen-bond acceptors (Lipinski definition) is 4. The Morgan fingerprint density at radius 2 is 2.27 bits per heavy atom. The highest BCUT2D eigenvalue weighted by Crippen LogP contribution is 2.25. The maximum atomic E-state index is 12.3. The number of ether oxygens (including phenoxy) is 1. The van der Waals surface area contributed by atoms with Gasteiger partial charge < -0.3 is 4.74 Å². The number of esters is 1. The Balaban J connectivity index is 2.16. The van der Waals surface area contributed by atoms with Crippen LogP contribution in [0.4, 0.5) is 0 Å². The van der Waals surface area contributed by atoms with Crippen LogP contribution in [0, 0.1) is 0 Å². The van der Waals surface area contributed by atoms with Crippen molar-refractivity contribution in [2.24, 2.45) is 0 Å². The lowest BCUT2D eigenvalue weighted by Crippen LogP contribution is -2.24. The molecule has 7 heteroatoms. The Morgan fingerprint density at radius 1 is 1.45 bits per heavy atom. The molecule has 0 unspecified atom stereocenters. The molecular formula is C15H12ClN3O3. The molecule has 0 aliphatic rings. The minimum Gasteiger partial charge on any atom is -0.462 e. The van der Waals surface area contributed by atoms with Gasteiger partial charge in [-0.1, -0.05) is 23.7 Å². The van der Waals surface area contributed by atoms with E-state index in [1.165, 1.54) is 10.7 Å². The number of hydrogen-bond donors (Lipinski definition) is 1. The summed E-state index contributed by atoms with van der Waals surface area (Å²) in [7, 11) is 0. The maximum Gasteiger partial charge on any atom is 0.345 e. The zero-order valence-electron chi connectivity index (χ0n) is 11.7. The summed E-state index contributed by atoms with van der Waals surface area (Å²) >= 11 is 5.99. The molecule has 0 saturated carbocycles. The van der Waals surface area contributed by atoms with E-state index in [-0.39, 0.29) is 12.2 Å². The van der Waals surface area contributed by atoms with Crippen LogP contribution in [-0.2, 0) is 4.74 Å². The summed E-state index contributed by atoms with van der Waals surface area (Å²) in [5, 5.41) is 3.39. The number of aromatic nitrogens is 3. The molecule has 2 aromatic heterocycles. The molecule has 0 amide bonds. The van der Waals surface area contributed by atoms with Crippen LogP contribution in [0.1, 0.15) is 17.3 Å². The SMILES string of the molecule is CCOC(=O)c1cnc2c(-c3cccc(Cl)c3)c[nH]n2c1=O. The van der Waals surface area contributed by atoms with Crippen LogP contribution in [0.5, 0.6) is 0 Å². The standard InChI is InChI=1S/C15H12ClN3O3/c1-2-22-15(21)12-7-17-13-11(8-18-19(13)14(12)20)9-4-3-5-10(16)6-9/h3-8,18H,2H2,1H3. The van der Waals surface area contributed by atoms with E-state index in [1.54, 1.807) is 25.3 Å². The van der Waals surface area contributed by atoms with Crippen LogP contribution in [0.2, 0.25) is 5.02 Å². The summed E-state index contributed by atoms with van der Waals surface area (Å²) in [4.78, 5) is 28.2. The molecule has 0 aliphatic heterocycles. The minimum atomic E-state index is -0.687. The predicted molar refractivity (Wildman–Crippen MR) is 82.2 cm³/mol. The number of aromatic amines is 1. The Morgan fingerprint density at radius 3 is 3.00 bits per heavy atom. The monoisotopic (exact) mass is 317 g/mol. The first-order valence-corrected chi connectivity index (χ1v) is 7.02. The van der Waals surface area contributed by atoms with Gasteiger partial charge in [-0.3, -0.25) is 9.89 Å². The molecule has 0 spiro atoms. The number of carbonyl (C=O) groups is 1. The van der Waals surface area contributed by atoms with Crippen molar-refractivity contribution in [3.63, 3.8) is 0 Å². The van der Waals surface area contributed by atoms with Gasteiger partial charge in [-0.2, -0.15) is 0 Å². The lowest BCUT2D eigenvalue weighted by Gasteiger charge is -2.02. The van der Waals surface area contributed by atoms with Crippen molar-refractivity contribution in [2.45, 2.75) is 6.92 Å². The molecule has 0 bridgehead atoms. The third-order valence-electron chi connectivity index (χ3n) is 3.17.